The lowest BCUT2D eigenvalue weighted by molar-refractivity contribution is -0.162. The first kappa shape index (κ1) is 36.9. The summed E-state index contributed by atoms with van der Waals surface area (Å²) in [6.07, 6.45) is 4.15. The quantitative estimate of drug-likeness (QED) is 0.221. The number of hydrogen-bond acceptors (Lipinski definition) is 9. The van der Waals surface area contributed by atoms with Crippen LogP contribution in [-0.2, 0) is 41.6 Å². The Hall–Kier alpha value is -3.88. The van der Waals surface area contributed by atoms with E-state index in [0.29, 0.717) is 32.2 Å². The molecule has 12 nitrogen and oxygen atoms in total. The van der Waals surface area contributed by atoms with Crippen molar-refractivity contribution in [1.29, 1.82) is 0 Å². The second-order valence-corrected chi connectivity index (χ2v) is 14.6. The van der Waals surface area contributed by atoms with Gasteiger partial charge < -0.3 is 20.4 Å². The zero-order valence-electron chi connectivity index (χ0n) is 26.9. The van der Waals surface area contributed by atoms with Gasteiger partial charge in [0.2, 0.25) is 18.1 Å². The van der Waals surface area contributed by atoms with E-state index >= 15 is 0 Å². The molecule has 1 radical (unpaired) electrons. The van der Waals surface area contributed by atoms with Gasteiger partial charge in [-0.2, -0.15) is 0 Å². The number of likely N-dealkylation sites (tertiary alicyclic amines) is 1. The molecule has 0 aliphatic carbocycles. The number of nitrogens with one attached hydrogen (secondary N) is 1. The summed E-state index contributed by atoms with van der Waals surface area (Å²) in [6, 6.07) is 14.6. The predicted molar refractivity (Wildman–Crippen MR) is 182 cm³/mol. The Morgan fingerprint density at radius 3 is 1.92 bits per heavy atom. The van der Waals surface area contributed by atoms with E-state index in [0.717, 1.165) is 32.7 Å². The van der Waals surface area contributed by atoms with E-state index in [1.807, 2.05) is 66.9 Å². The van der Waals surface area contributed by atoms with Crippen LogP contribution in [-0.4, -0.2) is 109 Å². The van der Waals surface area contributed by atoms with E-state index in [9.17, 15) is 39.0 Å². The standard InChI is InChI=1S/C34H41N4O8S2/c1-22(21-39)38(37-18-10-16-27(37)34(45)46)32(42)29(20-25-13-7-4-8-14-25)48-47-28(19-24-11-5-3-6-12-24)30(40)35-23(2)31(41)36-17-9-15-26(36)33(43)44/h3-8,11-14,22-23,26-29H,9-10,15-20H2,1-2H3,(H,35,40)(H,43,44)(H,45,46)/t22-,23-,26?,27-,28-,29-/m0/s1. The number of nitrogens with zero attached hydrogens (tertiary/aromatic N) is 3. The first-order chi connectivity index (χ1) is 23.0. The van der Waals surface area contributed by atoms with Crippen LogP contribution in [0.2, 0.25) is 0 Å². The van der Waals surface area contributed by atoms with Gasteiger partial charge in [0.15, 0.2) is 0 Å². The van der Waals surface area contributed by atoms with E-state index in [1.54, 1.807) is 0 Å². The highest BCUT2D eigenvalue weighted by Gasteiger charge is 2.42. The van der Waals surface area contributed by atoms with Gasteiger partial charge in [-0.05, 0) is 63.5 Å². The molecule has 2 saturated heterocycles. The number of rotatable bonds is 16. The number of hydrazine groups is 1. The fourth-order valence-electron chi connectivity index (χ4n) is 6.03. The van der Waals surface area contributed by atoms with E-state index in [1.165, 1.54) is 28.8 Å². The molecule has 3 N–H and O–H groups in total. The van der Waals surface area contributed by atoms with Crippen LogP contribution in [0.4, 0.5) is 0 Å². The molecular weight excluding hydrogens is 657 g/mol. The van der Waals surface area contributed by atoms with E-state index in [-0.39, 0.29) is 19.4 Å². The van der Waals surface area contributed by atoms with Gasteiger partial charge in [-0.3, -0.25) is 29.0 Å². The number of benzene rings is 2. The Labute approximate surface area is 288 Å². The lowest BCUT2D eigenvalue weighted by atomic mass is 10.1. The fraction of sp³-hybridized carbons (Fsp3) is 0.471. The monoisotopic (exact) mass is 697 g/mol. The zero-order valence-corrected chi connectivity index (χ0v) is 28.5. The van der Waals surface area contributed by atoms with Gasteiger partial charge in [-0.15, -0.1) is 0 Å². The molecule has 48 heavy (non-hydrogen) atoms. The molecule has 0 spiro atoms. The van der Waals surface area contributed by atoms with Crippen LogP contribution < -0.4 is 5.32 Å². The van der Waals surface area contributed by atoms with Crippen molar-refractivity contribution in [3.8, 4) is 0 Å². The Balaban J connectivity index is 1.58. The minimum atomic E-state index is -1.09. The van der Waals surface area contributed by atoms with Gasteiger partial charge in [0.05, 0.1) is 10.5 Å². The van der Waals surface area contributed by atoms with Crippen molar-refractivity contribution >= 4 is 57.5 Å². The third kappa shape index (κ3) is 9.38. The molecule has 0 aromatic heterocycles. The van der Waals surface area contributed by atoms with E-state index in [2.05, 4.69) is 5.32 Å². The zero-order chi connectivity index (χ0) is 34.8. The van der Waals surface area contributed by atoms with Gasteiger partial charge in [0, 0.05) is 13.1 Å². The summed E-state index contributed by atoms with van der Waals surface area (Å²) >= 11 is 0. The minimum Gasteiger partial charge on any atom is -0.480 e. The van der Waals surface area contributed by atoms with E-state index in [4.69, 9.17) is 0 Å². The van der Waals surface area contributed by atoms with Gasteiger partial charge in [0.25, 0.3) is 5.91 Å². The van der Waals surface area contributed by atoms with Gasteiger partial charge in [-0.1, -0.05) is 82.3 Å². The summed E-state index contributed by atoms with van der Waals surface area (Å²) in [5, 5.41) is 23.2. The second kappa shape index (κ2) is 17.5. The second-order valence-electron chi connectivity index (χ2n) is 11.9. The third-order valence-electron chi connectivity index (χ3n) is 8.48. The summed E-state index contributed by atoms with van der Waals surface area (Å²) in [6.45, 7) is 3.61. The fourth-order valence-corrected chi connectivity index (χ4v) is 8.88. The van der Waals surface area contributed by atoms with Crippen molar-refractivity contribution < 1.29 is 39.0 Å². The van der Waals surface area contributed by atoms with Crippen molar-refractivity contribution in [3.63, 3.8) is 0 Å². The largest absolute Gasteiger partial charge is 0.480 e. The highest BCUT2D eigenvalue weighted by atomic mass is 33.1. The first-order valence-electron chi connectivity index (χ1n) is 16.0. The number of carboxylic acids is 2. The highest BCUT2D eigenvalue weighted by molar-refractivity contribution is 8.77. The smallest absolute Gasteiger partial charge is 0.326 e. The normalized spacial score (nSPS) is 20.3. The summed E-state index contributed by atoms with van der Waals surface area (Å²) in [5.41, 5.74) is 1.69. The SMILES string of the molecule is C[C@H](NC(=O)[C@H](Cc1ccccc1)SS[C@@H](Cc1ccccc1)C(=O)N([C@@H](C)[C]=O)N1CCC[C@H]1C(=O)O)C(=O)N1CCCC1C(=O)O. The van der Waals surface area contributed by atoms with Crippen LogP contribution in [0.15, 0.2) is 60.7 Å². The highest BCUT2D eigenvalue weighted by Crippen LogP contribution is 2.37. The lowest BCUT2D eigenvalue weighted by Gasteiger charge is -2.38. The molecule has 1 unspecified atom stereocenters. The molecule has 4 rings (SSSR count). The number of carbonyl (C=O) groups excluding carboxylic acids is 4. The molecule has 0 bridgehead atoms. The van der Waals surface area contributed by atoms with Gasteiger partial charge >= 0.3 is 11.9 Å². The maximum atomic E-state index is 14.3. The Morgan fingerprint density at radius 1 is 0.833 bits per heavy atom. The summed E-state index contributed by atoms with van der Waals surface area (Å²) in [5.74, 6) is -3.57. The molecule has 2 aliphatic heterocycles. The predicted octanol–water partition coefficient (Wildman–Crippen LogP) is 2.96. The average molecular weight is 698 g/mol. The molecule has 6 atom stereocenters. The lowest BCUT2D eigenvalue weighted by Crippen LogP contribution is -2.57. The molecule has 3 amide bonds. The van der Waals surface area contributed by atoms with E-state index < -0.39 is 64.3 Å². The maximum absolute atomic E-state index is 14.3. The topological polar surface area (TPSA) is 165 Å². The van der Waals surface area contributed by atoms with Gasteiger partial charge in [0.1, 0.15) is 24.2 Å². The molecule has 0 saturated carbocycles. The van der Waals surface area contributed by atoms with Crippen molar-refractivity contribution in [1.82, 2.24) is 20.2 Å². The summed E-state index contributed by atoms with van der Waals surface area (Å²) in [7, 11) is 2.32. The average Bonchev–Trinajstić information content (AvgIpc) is 3.77. The molecule has 2 aliphatic rings. The molecule has 257 valence electrons. The van der Waals surface area contributed by atoms with Crippen LogP contribution in [0.1, 0.15) is 50.7 Å². The molecule has 2 aromatic carbocycles. The Morgan fingerprint density at radius 2 is 1.35 bits per heavy atom. The Kier molecular flexibility index (Phi) is 13.5. The number of hydrogen-bond donors (Lipinski definition) is 3. The molecule has 2 fully saturated rings. The minimum absolute atomic E-state index is 0.241. The van der Waals surface area contributed by atoms with Gasteiger partial charge in [-0.25, -0.2) is 9.80 Å². The van der Waals surface area contributed by atoms with Crippen LogP contribution >= 0.6 is 21.6 Å². The molecule has 14 heteroatoms. The molecule has 2 aromatic rings. The van der Waals surface area contributed by atoms with Crippen molar-refractivity contribution in [3.05, 3.63) is 71.8 Å². The molecule has 2 heterocycles. The summed E-state index contributed by atoms with van der Waals surface area (Å²) in [4.78, 5) is 78.3. The van der Waals surface area contributed by atoms with Crippen molar-refractivity contribution in [2.75, 3.05) is 13.1 Å². The van der Waals surface area contributed by atoms with Crippen LogP contribution in [0.3, 0.4) is 0 Å². The van der Waals surface area contributed by atoms with Crippen molar-refractivity contribution in [2.45, 2.75) is 87.0 Å². The first-order valence-corrected chi connectivity index (χ1v) is 18.2. The van der Waals surface area contributed by atoms with Crippen LogP contribution in [0.5, 0.6) is 0 Å². The Bertz CT molecular complexity index is 1450. The van der Waals surface area contributed by atoms with Crippen LogP contribution in [0, 0.1) is 0 Å². The van der Waals surface area contributed by atoms with Crippen molar-refractivity contribution in [2.24, 2.45) is 0 Å². The maximum Gasteiger partial charge on any atom is 0.326 e. The summed E-state index contributed by atoms with van der Waals surface area (Å²) < 4.78 is 0. The molecular formula is C34H41N4O8S2. The number of amides is 3. The van der Waals surface area contributed by atoms with Crippen LogP contribution in [0.25, 0.3) is 0 Å². The number of carboxylic acid groups (broad SMARTS) is 2. The third-order valence-corrected chi connectivity index (χ3v) is 11.5. The number of carbonyl (C=O) groups is 5. The number of aliphatic carboxylic acids is 2.